The first-order valence-corrected chi connectivity index (χ1v) is 6.21. The largest absolute Gasteiger partial charge is 0.375 e. The number of halogens is 1. The Morgan fingerprint density at radius 1 is 1.42 bits per heavy atom. The lowest BCUT2D eigenvalue weighted by Crippen LogP contribution is -2.43. The Balaban J connectivity index is 2.60. The minimum Gasteiger partial charge on any atom is -0.375 e. The number of ether oxygens (including phenoxy) is 1. The Morgan fingerprint density at radius 3 is 2.53 bits per heavy atom. The molecule has 5 nitrogen and oxygen atoms in total. The van der Waals surface area contributed by atoms with Gasteiger partial charge in [-0.3, -0.25) is 10.1 Å². The summed E-state index contributed by atoms with van der Waals surface area (Å²) in [5, 5.41) is 10.5. The average Bonchev–Trinajstić information content (AvgIpc) is 2.38. The van der Waals surface area contributed by atoms with E-state index in [1.807, 2.05) is 13.8 Å². The molecule has 0 amide bonds. The van der Waals surface area contributed by atoms with Gasteiger partial charge in [0.25, 0.3) is 0 Å². The Labute approximate surface area is 111 Å². The molecule has 0 saturated carbocycles. The van der Waals surface area contributed by atoms with Gasteiger partial charge in [0.1, 0.15) is 0 Å². The van der Waals surface area contributed by atoms with Gasteiger partial charge >= 0.3 is 5.69 Å². The fourth-order valence-corrected chi connectivity index (χ4v) is 1.61. The molecule has 0 aliphatic rings. The van der Waals surface area contributed by atoms with Crippen molar-refractivity contribution in [2.75, 3.05) is 6.61 Å². The number of rotatable bonds is 7. The van der Waals surface area contributed by atoms with Crippen molar-refractivity contribution >= 4 is 5.69 Å². The highest BCUT2D eigenvalue weighted by molar-refractivity contribution is 5.34. The van der Waals surface area contributed by atoms with Gasteiger partial charge in [0, 0.05) is 11.6 Å². The van der Waals surface area contributed by atoms with Gasteiger partial charge < -0.3 is 10.5 Å². The van der Waals surface area contributed by atoms with Crippen LogP contribution in [0.3, 0.4) is 0 Å². The zero-order chi connectivity index (χ0) is 14.5. The van der Waals surface area contributed by atoms with Crippen LogP contribution in [0.1, 0.15) is 32.3 Å². The summed E-state index contributed by atoms with van der Waals surface area (Å²) < 4.78 is 18.8. The zero-order valence-corrected chi connectivity index (χ0v) is 11.2. The van der Waals surface area contributed by atoms with Crippen LogP contribution >= 0.6 is 0 Å². The molecular weight excluding hydrogens is 251 g/mol. The van der Waals surface area contributed by atoms with E-state index in [4.69, 9.17) is 10.5 Å². The van der Waals surface area contributed by atoms with E-state index >= 15 is 0 Å². The first kappa shape index (κ1) is 15.5. The Kier molecular flexibility index (Phi) is 5.38. The van der Waals surface area contributed by atoms with Crippen LogP contribution in [0.25, 0.3) is 0 Å². The molecule has 1 rings (SSSR count). The van der Waals surface area contributed by atoms with Gasteiger partial charge in [-0.25, -0.2) is 0 Å². The minimum absolute atomic E-state index is 0.188. The summed E-state index contributed by atoms with van der Waals surface area (Å²) in [7, 11) is 0. The van der Waals surface area contributed by atoms with Crippen LogP contribution in [0.5, 0.6) is 0 Å². The lowest BCUT2D eigenvalue weighted by molar-refractivity contribution is -0.387. The SMILES string of the molecule is CCC(N)(CC)COCc1ccc([N+](=O)[O-])c(F)c1. The van der Waals surface area contributed by atoms with Crippen LogP contribution in [0.15, 0.2) is 18.2 Å². The van der Waals surface area contributed by atoms with Crippen molar-refractivity contribution in [1.29, 1.82) is 0 Å². The third-order valence-corrected chi connectivity index (χ3v) is 3.28. The minimum atomic E-state index is -0.851. The van der Waals surface area contributed by atoms with E-state index in [1.54, 1.807) is 0 Å². The standard InChI is InChI=1S/C13H19FN2O3/c1-3-13(15,4-2)9-19-8-10-5-6-12(16(17)18)11(14)7-10/h5-7H,3-4,8-9,15H2,1-2H3. The number of benzene rings is 1. The molecule has 0 fully saturated rings. The molecule has 1 aromatic rings. The second-order valence-corrected chi connectivity index (χ2v) is 4.61. The molecular formula is C13H19FN2O3. The summed E-state index contributed by atoms with van der Waals surface area (Å²) in [6, 6.07) is 3.74. The molecule has 0 spiro atoms. The first-order chi connectivity index (χ1) is 8.91. The number of nitrogens with two attached hydrogens (primary N) is 1. The maximum Gasteiger partial charge on any atom is 0.304 e. The van der Waals surface area contributed by atoms with E-state index in [-0.39, 0.29) is 12.1 Å². The Bertz CT molecular complexity index is 448. The summed E-state index contributed by atoms with van der Waals surface area (Å²) in [4.78, 5) is 9.72. The molecule has 19 heavy (non-hydrogen) atoms. The van der Waals surface area contributed by atoms with Crippen molar-refractivity contribution in [3.63, 3.8) is 0 Å². The highest BCUT2D eigenvalue weighted by Gasteiger charge is 2.20. The molecule has 106 valence electrons. The lowest BCUT2D eigenvalue weighted by atomic mass is 9.96. The van der Waals surface area contributed by atoms with Gasteiger partial charge in [-0.2, -0.15) is 4.39 Å². The molecule has 2 N–H and O–H groups in total. The molecule has 0 unspecified atom stereocenters. The summed E-state index contributed by atoms with van der Waals surface area (Å²) in [6.45, 7) is 4.53. The fraction of sp³-hybridized carbons (Fsp3) is 0.538. The first-order valence-electron chi connectivity index (χ1n) is 6.21. The van der Waals surface area contributed by atoms with Crippen molar-refractivity contribution in [3.8, 4) is 0 Å². The number of nitrogens with zero attached hydrogens (tertiary/aromatic N) is 1. The van der Waals surface area contributed by atoms with Gasteiger partial charge in [-0.15, -0.1) is 0 Å². The lowest BCUT2D eigenvalue weighted by Gasteiger charge is -2.26. The van der Waals surface area contributed by atoms with Crippen molar-refractivity contribution < 1.29 is 14.1 Å². The quantitative estimate of drug-likeness (QED) is 0.610. The van der Waals surface area contributed by atoms with E-state index < -0.39 is 16.4 Å². The van der Waals surface area contributed by atoms with Gasteiger partial charge in [0.15, 0.2) is 0 Å². The van der Waals surface area contributed by atoms with Crippen LogP contribution in [0.2, 0.25) is 0 Å². The molecule has 0 aliphatic carbocycles. The van der Waals surface area contributed by atoms with E-state index in [2.05, 4.69) is 0 Å². The van der Waals surface area contributed by atoms with Crippen molar-refractivity contribution in [1.82, 2.24) is 0 Å². The summed E-state index contributed by atoms with van der Waals surface area (Å²) in [6.07, 6.45) is 1.58. The highest BCUT2D eigenvalue weighted by Crippen LogP contribution is 2.19. The fourth-order valence-electron chi connectivity index (χ4n) is 1.61. The molecule has 6 heteroatoms. The maximum absolute atomic E-state index is 13.4. The van der Waals surface area contributed by atoms with Crippen molar-refractivity contribution in [3.05, 3.63) is 39.7 Å². The monoisotopic (exact) mass is 270 g/mol. The second-order valence-electron chi connectivity index (χ2n) is 4.61. The van der Waals surface area contributed by atoms with Crippen molar-refractivity contribution in [2.45, 2.75) is 38.8 Å². The molecule has 0 aromatic heterocycles. The summed E-state index contributed by atoms with van der Waals surface area (Å²) >= 11 is 0. The van der Waals surface area contributed by atoms with Gasteiger partial charge in [-0.05, 0) is 30.5 Å². The van der Waals surface area contributed by atoms with Gasteiger partial charge in [-0.1, -0.05) is 13.8 Å². The van der Waals surface area contributed by atoms with Gasteiger partial charge in [0.05, 0.1) is 18.1 Å². The van der Waals surface area contributed by atoms with Crippen LogP contribution in [0, 0.1) is 15.9 Å². The predicted octanol–water partition coefficient (Wildman–Crippen LogP) is 2.77. The van der Waals surface area contributed by atoms with Crippen molar-refractivity contribution in [2.24, 2.45) is 5.73 Å². The van der Waals surface area contributed by atoms with E-state index in [0.29, 0.717) is 12.2 Å². The molecule has 0 radical (unpaired) electrons. The summed E-state index contributed by atoms with van der Waals surface area (Å²) in [5.74, 6) is -0.851. The average molecular weight is 270 g/mol. The predicted molar refractivity (Wildman–Crippen MR) is 70.2 cm³/mol. The molecule has 0 bridgehead atoms. The molecule has 1 aromatic carbocycles. The van der Waals surface area contributed by atoms with Crippen LogP contribution in [0.4, 0.5) is 10.1 Å². The number of hydrogen-bond donors (Lipinski definition) is 1. The Morgan fingerprint density at radius 2 is 2.05 bits per heavy atom. The molecule has 0 atom stereocenters. The van der Waals surface area contributed by atoms with E-state index in [0.717, 1.165) is 25.0 Å². The third kappa shape index (κ3) is 4.25. The molecule has 0 heterocycles. The van der Waals surface area contributed by atoms with Crippen LogP contribution in [-0.4, -0.2) is 17.1 Å². The number of nitro groups is 1. The highest BCUT2D eigenvalue weighted by atomic mass is 19.1. The smallest absolute Gasteiger partial charge is 0.304 e. The number of nitro benzene ring substituents is 1. The van der Waals surface area contributed by atoms with E-state index in [1.165, 1.54) is 6.07 Å². The Hall–Kier alpha value is -1.53. The van der Waals surface area contributed by atoms with Gasteiger partial charge in [0.2, 0.25) is 5.82 Å². The molecule has 0 aliphatic heterocycles. The second kappa shape index (κ2) is 6.58. The summed E-state index contributed by atoms with van der Waals surface area (Å²) in [5.41, 5.74) is 5.72. The normalized spacial score (nSPS) is 11.6. The van der Waals surface area contributed by atoms with Crippen LogP contribution < -0.4 is 5.73 Å². The molecule has 0 saturated heterocycles. The maximum atomic E-state index is 13.4. The number of hydrogen-bond acceptors (Lipinski definition) is 4. The van der Waals surface area contributed by atoms with E-state index in [9.17, 15) is 14.5 Å². The topological polar surface area (TPSA) is 78.4 Å². The third-order valence-electron chi connectivity index (χ3n) is 3.28. The van der Waals surface area contributed by atoms with Crippen LogP contribution in [-0.2, 0) is 11.3 Å². The zero-order valence-electron chi connectivity index (χ0n) is 11.2.